The van der Waals surface area contributed by atoms with E-state index < -0.39 is 5.97 Å². The van der Waals surface area contributed by atoms with Crippen LogP contribution in [0.3, 0.4) is 0 Å². The molecule has 0 spiro atoms. The molecule has 1 aliphatic rings. The van der Waals surface area contributed by atoms with Gasteiger partial charge in [0.1, 0.15) is 10.6 Å². The fourth-order valence-electron chi connectivity index (χ4n) is 3.65. The first kappa shape index (κ1) is 19.4. The molecule has 2 N–H and O–H groups in total. The summed E-state index contributed by atoms with van der Waals surface area (Å²) in [5.74, 6) is 1.38. The van der Waals surface area contributed by atoms with Gasteiger partial charge in [0.25, 0.3) is 0 Å². The Balaban J connectivity index is 1.53. The van der Waals surface area contributed by atoms with E-state index >= 15 is 0 Å². The van der Waals surface area contributed by atoms with Crippen LogP contribution >= 0.6 is 11.3 Å². The Bertz CT molecular complexity index is 1060. The lowest BCUT2D eigenvalue weighted by atomic mass is 10.1. The predicted molar refractivity (Wildman–Crippen MR) is 112 cm³/mol. The second-order valence-corrected chi connectivity index (χ2v) is 8.00. The fraction of sp³-hybridized carbons (Fsp3) is 0.381. The third-order valence-corrected chi connectivity index (χ3v) is 6.28. The molecule has 152 valence electrons. The van der Waals surface area contributed by atoms with E-state index in [0.29, 0.717) is 28.7 Å². The minimum atomic E-state index is -0.491. The van der Waals surface area contributed by atoms with Crippen molar-refractivity contribution in [2.45, 2.75) is 38.7 Å². The molecular formula is C21H23N3O4S. The van der Waals surface area contributed by atoms with Gasteiger partial charge < -0.3 is 19.9 Å². The Morgan fingerprint density at radius 1 is 1.10 bits per heavy atom. The number of rotatable bonds is 5. The van der Waals surface area contributed by atoms with Crippen molar-refractivity contribution >= 4 is 33.3 Å². The molecule has 0 aliphatic heterocycles. The molecule has 0 saturated heterocycles. The van der Waals surface area contributed by atoms with Crippen molar-refractivity contribution in [3.63, 3.8) is 0 Å². The first-order chi connectivity index (χ1) is 14.1. The maximum absolute atomic E-state index is 12.4. The molecule has 4 rings (SSSR count). The SMILES string of the molecule is COc1ccc(C(=O)OCc2nc(N)c3c4c(sc3n2)CCCCC4)cc1OC. The number of fused-ring (bicyclic) bond motifs is 3. The number of benzene rings is 1. The number of thiophene rings is 1. The number of nitrogen functional groups attached to an aromatic ring is 1. The molecule has 2 aromatic heterocycles. The third-order valence-electron chi connectivity index (χ3n) is 5.09. The van der Waals surface area contributed by atoms with E-state index in [1.54, 1.807) is 29.5 Å². The zero-order valence-corrected chi connectivity index (χ0v) is 17.3. The monoisotopic (exact) mass is 413 g/mol. The lowest BCUT2D eigenvalue weighted by Crippen LogP contribution is -2.09. The Morgan fingerprint density at radius 2 is 1.90 bits per heavy atom. The molecule has 2 heterocycles. The van der Waals surface area contributed by atoms with Crippen LogP contribution in [0, 0.1) is 0 Å². The Morgan fingerprint density at radius 3 is 2.69 bits per heavy atom. The van der Waals surface area contributed by atoms with Crippen LogP contribution in [0.2, 0.25) is 0 Å². The summed E-state index contributed by atoms with van der Waals surface area (Å²) >= 11 is 1.68. The fourth-order valence-corrected chi connectivity index (χ4v) is 4.94. The molecule has 0 unspecified atom stereocenters. The highest BCUT2D eigenvalue weighted by Gasteiger charge is 2.20. The number of hydrogen-bond acceptors (Lipinski definition) is 8. The van der Waals surface area contributed by atoms with Gasteiger partial charge in [-0.15, -0.1) is 11.3 Å². The van der Waals surface area contributed by atoms with Crippen LogP contribution in [-0.4, -0.2) is 30.2 Å². The standard InChI is InChI=1S/C21H23N3O4S/c1-26-14-9-8-12(10-15(14)27-2)21(25)28-11-17-23-19(22)18-13-6-4-3-5-7-16(13)29-20(18)24-17/h8-10H,3-7,11H2,1-2H3,(H2,22,23,24). The number of carbonyl (C=O) groups excluding carboxylic acids is 1. The maximum atomic E-state index is 12.4. The maximum Gasteiger partial charge on any atom is 0.338 e. The number of nitrogens with zero attached hydrogens (tertiary/aromatic N) is 2. The molecule has 0 atom stereocenters. The average Bonchev–Trinajstić information content (AvgIpc) is 2.93. The summed E-state index contributed by atoms with van der Waals surface area (Å²) in [5.41, 5.74) is 7.91. The van der Waals surface area contributed by atoms with Crippen LogP contribution < -0.4 is 15.2 Å². The Labute approximate surface area is 172 Å². The van der Waals surface area contributed by atoms with Crippen LogP contribution in [0.1, 0.15) is 45.9 Å². The number of ether oxygens (including phenoxy) is 3. The zero-order chi connectivity index (χ0) is 20.4. The van der Waals surface area contributed by atoms with Gasteiger partial charge in [0.05, 0.1) is 25.2 Å². The summed E-state index contributed by atoms with van der Waals surface area (Å²) < 4.78 is 15.8. The summed E-state index contributed by atoms with van der Waals surface area (Å²) in [7, 11) is 3.05. The molecule has 3 aromatic rings. The van der Waals surface area contributed by atoms with Crippen LogP contribution in [0.15, 0.2) is 18.2 Å². The van der Waals surface area contributed by atoms with Crippen molar-refractivity contribution in [2.75, 3.05) is 20.0 Å². The van der Waals surface area contributed by atoms with Crippen LogP contribution in [0.5, 0.6) is 11.5 Å². The zero-order valence-electron chi connectivity index (χ0n) is 16.5. The first-order valence-corrected chi connectivity index (χ1v) is 10.4. The van der Waals surface area contributed by atoms with Gasteiger partial charge in [-0.3, -0.25) is 0 Å². The predicted octanol–water partition coefficient (Wildman–Crippen LogP) is 3.92. The smallest absolute Gasteiger partial charge is 0.338 e. The number of aryl methyl sites for hydroxylation is 2. The van der Waals surface area contributed by atoms with Gasteiger partial charge in [-0.1, -0.05) is 6.42 Å². The minimum absolute atomic E-state index is 0.0457. The van der Waals surface area contributed by atoms with Crippen LogP contribution in [-0.2, 0) is 24.2 Å². The van der Waals surface area contributed by atoms with Gasteiger partial charge in [-0.2, -0.15) is 0 Å². The summed E-state index contributed by atoms with van der Waals surface area (Å²) in [5, 5.41) is 0.974. The highest BCUT2D eigenvalue weighted by atomic mass is 32.1. The van der Waals surface area contributed by atoms with Crippen molar-refractivity contribution in [1.82, 2.24) is 9.97 Å². The molecule has 0 saturated carbocycles. The molecular weight excluding hydrogens is 390 g/mol. The van der Waals surface area contributed by atoms with Gasteiger partial charge in [-0.25, -0.2) is 14.8 Å². The Hall–Kier alpha value is -2.87. The number of hydrogen-bond donors (Lipinski definition) is 1. The number of anilines is 1. The number of esters is 1. The molecule has 29 heavy (non-hydrogen) atoms. The molecule has 0 fully saturated rings. The highest BCUT2D eigenvalue weighted by molar-refractivity contribution is 7.19. The number of carbonyl (C=O) groups is 1. The van der Waals surface area contributed by atoms with E-state index in [2.05, 4.69) is 9.97 Å². The van der Waals surface area contributed by atoms with E-state index in [9.17, 15) is 4.79 Å². The molecule has 0 radical (unpaired) electrons. The number of aromatic nitrogens is 2. The summed E-state index contributed by atoms with van der Waals surface area (Å²) in [6, 6.07) is 4.86. The molecule has 7 nitrogen and oxygen atoms in total. The number of methoxy groups -OCH3 is 2. The molecule has 0 amide bonds. The largest absolute Gasteiger partial charge is 0.493 e. The second-order valence-electron chi connectivity index (χ2n) is 6.92. The third kappa shape index (κ3) is 3.85. The van der Waals surface area contributed by atoms with Crippen molar-refractivity contribution in [3.8, 4) is 11.5 Å². The van der Waals surface area contributed by atoms with Gasteiger partial charge in [-0.05, 0) is 49.4 Å². The van der Waals surface area contributed by atoms with Crippen molar-refractivity contribution in [3.05, 3.63) is 40.0 Å². The topological polar surface area (TPSA) is 96.6 Å². The minimum Gasteiger partial charge on any atom is -0.493 e. The van der Waals surface area contributed by atoms with Crippen molar-refractivity contribution in [1.29, 1.82) is 0 Å². The van der Waals surface area contributed by atoms with Crippen molar-refractivity contribution < 1.29 is 19.0 Å². The molecule has 1 aromatic carbocycles. The summed E-state index contributed by atoms with van der Waals surface area (Å²) in [6.45, 7) is -0.0457. The van der Waals surface area contributed by atoms with Gasteiger partial charge in [0.2, 0.25) is 0 Å². The summed E-state index contributed by atoms with van der Waals surface area (Å²) in [6.07, 6.45) is 5.70. The average molecular weight is 413 g/mol. The highest BCUT2D eigenvalue weighted by Crippen LogP contribution is 2.37. The van der Waals surface area contributed by atoms with Gasteiger partial charge in [0.15, 0.2) is 23.9 Å². The van der Waals surface area contributed by atoms with Crippen LogP contribution in [0.25, 0.3) is 10.2 Å². The molecule has 1 aliphatic carbocycles. The van der Waals surface area contributed by atoms with Gasteiger partial charge >= 0.3 is 5.97 Å². The second kappa shape index (κ2) is 8.24. The normalized spacial score (nSPS) is 13.6. The Kier molecular flexibility index (Phi) is 5.53. The van der Waals surface area contributed by atoms with E-state index in [4.69, 9.17) is 19.9 Å². The summed E-state index contributed by atoms with van der Waals surface area (Å²) in [4.78, 5) is 23.7. The molecule has 8 heteroatoms. The lowest BCUT2D eigenvalue weighted by Gasteiger charge is -2.09. The van der Waals surface area contributed by atoms with E-state index in [-0.39, 0.29) is 6.61 Å². The van der Waals surface area contributed by atoms with Gasteiger partial charge in [0, 0.05) is 4.88 Å². The van der Waals surface area contributed by atoms with Crippen molar-refractivity contribution in [2.24, 2.45) is 0 Å². The molecule has 0 bridgehead atoms. The van der Waals surface area contributed by atoms with E-state index in [1.807, 2.05) is 0 Å². The lowest BCUT2D eigenvalue weighted by molar-refractivity contribution is 0.0462. The van der Waals surface area contributed by atoms with Crippen LogP contribution in [0.4, 0.5) is 5.82 Å². The first-order valence-electron chi connectivity index (χ1n) is 9.56. The quantitative estimate of drug-likeness (QED) is 0.500. The van der Waals surface area contributed by atoms with E-state index in [0.717, 1.165) is 23.1 Å². The number of nitrogens with two attached hydrogens (primary N) is 1. The van der Waals surface area contributed by atoms with E-state index in [1.165, 1.54) is 43.9 Å².